The van der Waals surface area contributed by atoms with E-state index in [-0.39, 0.29) is 17.9 Å². The Kier molecular flexibility index (Phi) is 5.76. The van der Waals surface area contributed by atoms with E-state index in [0.29, 0.717) is 17.5 Å². The summed E-state index contributed by atoms with van der Waals surface area (Å²) >= 11 is 0. The van der Waals surface area contributed by atoms with Gasteiger partial charge in [0.2, 0.25) is 0 Å². The van der Waals surface area contributed by atoms with Gasteiger partial charge in [0.1, 0.15) is 0 Å². The number of H-pyrrole nitrogens is 1. The third-order valence-electron chi connectivity index (χ3n) is 7.29. The maximum atomic E-state index is 13.5. The highest BCUT2D eigenvalue weighted by Crippen LogP contribution is 2.37. The van der Waals surface area contributed by atoms with Gasteiger partial charge in [0.05, 0.1) is 28.7 Å². The number of rotatable bonds is 5. The number of aliphatic imine (C=N–C) groups is 1. The molecule has 0 aromatic carbocycles. The number of hydrogen-bond donors (Lipinski definition) is 1. The molecule has 3 aromatic heterocycles. The van der Waals surface area contributed by atoms with Crippen molar-refractivity contribution in [2.24, 2.45) is 4.99 Å². The molecule has 2 fully saturated rings. The Morgan fingerprint density at radius 2 is 2.12 bits per heavy atom. The van der Waals surface area contributed by atoms with Crippen LogP contribution in [0.2, 0.25) is 0 Å². The number of nitrogens with one attached hydrogen (secondary N) is 1. The van der Waals surface area contributed by atoms with Crippen LogP contribution in [-0.2, 0) is 0 Å². The number of amides is 1. The Labute approximate surface area is 194 Å². The van der Waals surface area contributed by atoms with E-state index < -0.39 is 0 Å². The van der Waals surface area contributed by atoms with Crippen molar-refractivity contribution in [3.8, 4) is 0 Å². The zero-order valence-corrected chi connectivity index (χ0v) is 19.8. The van der Waals surface area contributed by atoms with E-state index in [1.165, 1.54) is 0 Å². The van der Waals surface area contributed by atoms with Crippen LogP contribution in [0, 0.1) is 6.92 Å². The smallest absolute Gasteiger partial charge is 0.257 e. The maximum Gasteiger partial charge on any atom is 0.257 e. The van der Waals surface area contributed by atoms with Crippen molar-refractivity contribution in [2.45, 2.75) is 83.2 Å². The molecular formula is C25H33N7O. The van der Waals surface area contributed by atoms with Crippen LogP contribution in [0.15, 0.2) is 23.5 Å². The number of carbonyl (C=O) groups excluding carboxylic acids is 1. The van der Waals surface area contributed by atoms with E-state index in [9.17, 15) is 4.79 Å². The quantitative estimate of drug-likeness (QED) is 0.579. The van der Waals surface area contributed by atoms with Gasteiger partial charge in [0.25, 0.3) is 5.91 Å². The number of aryl methyl sites for hydroxylation is 1. The van der Waals surface area contributed by atoms with Gasteiger partial charge in [0.15, 0.2) is 5.65 Å². The molecule has 8 nitrogen and oxygen atoms in total. The molecule has 1 saturated heterocycles. The molecule has 174 valence electrons. The summed E-state index contributed by atoms with van der Waals surface area (Å²) in [7, 11) is 0. The fourth-order valence-electron chi connectivity index (χ4n) is 5.54. The van der Waals surface area contributed by atoms with Crippen LogP contribution in [0.5, 0.6) is 0 Å². The molecule has 33 heavy (non-hydrogen) atoms. The second kappa shape index (κ2) is 8.72. The number of piperidine rings is 1. The second-order valence-corrected chi connectivity index (χ2v) is 9.88. The summed E-state index contributed by atoms with van der Waals surface area (Å²) in [5.41, 5.74) is 5.57. The second-order valence-electron chi connectivity index (χ2n) is 9.88. The summed E-state index contributed by atoms with van der Waals surface area (Å²) in [6.07, 6.45) is 10.0. The molecule has 1 aliphatic heterocycles. The van der Waals surface area contributed by atoms with Crippen LogP contribution in [0.1, 0.15) is 103 Å². The summed E-state index contributed by atoms with van der Waals surface area (Å²) in [4.78, 5) is 24.8. The highest BCUT2D eigenvalue weighted by molar-refractivity contribution is 5.95. The largest absolute Gasteiger partial charge is 0.330 e. The lowest BCUT2D eigenvalue weighted by atomic mass is 9.97. The molecule has 5 rings (SSSR count). The summed E-state index contributed by atoms with van der Waals surface area (Å²) in [6.45, 7) is 10.7. The first kappa shape index (κ1) is 21.8. The summed E-state index contributed by atoms with van der Waals surface area (Å²) in [5.74, 6) is 0.644. The van der Waals surface area contributed by atoms with Crippen molar-refractivity contribution in [2.75, 3.05) is 6.54 Å². The molecule has 1 N–H and O–H groups in total. The molecule has 1 aliphatic carbocycles. The molecule has 3 atom stereocenters. The summed E-state index contributed by atoms with van der Waals surface area (Å²) < 4.78 is 1.88. The van der Waals surface area contributed by atoms with Gasteiger partial charge >= 0.3 is 0 Å². The molecule has 1 unspecified atom stereocenters. The minimum absolute atomic E-state index is 0.0351. The van der Waals surface area contributed by atoms with Gasteiger partial charge in [0, 0.05) is 37.0 Å². The summed E-state index contributed by atoms with van der Waals surface area (Å²) in [6, 6.07) is 2.36. The maximum absolute atomic E-state index is 13.5. The van der Waals surface area contributed by atoms with E-state index in [2.05, 4.69) is 54.9 Å². The first-order valence-electron chi connectivity index (χ1n) is 12.1. The Hall–Kier alpha value is -3.03. The fraction of sp³-hybridized carbons (Fsp3) is 0.560. The molecule has 1 saturated carbocycles. The van der Waals surface area contributed by atoms with Crippen molar-refractivity contribution < 1.29 is 4.79 Å². The highest BCUT2D eigenvalue weighted by atomic mass is 16.2. The highest BCUT2D eigenvalue weighted by Gasteiger charge is 2.33. The van der Waals surface area contributed by atoms with Crippen molar-refractivity contribution in [1.29, 1.82) is 0 Å². The van der Waals surface area contributed by atoms with E-state index in [1.807, 2.05) is 9.42 Å². The van der Waals surface area contributed by atoms with Gasteiger partial charge in [-0.05, 0) is 63.6 Å². The van der Waals surface area contributed by atoms with Gasteiger partial charge in [-0.3, -0.25) is 14.9 Å². The lowest BCUT2D eigenvalue weighted by Gasteiger charge is -2.34. The Bertz CT molecular complexity index is 1180. The van der Waals surface area contributed by atoms with Crippen molar-refractivity contribution in [1.82, 2.24) is 29.7 Å². The number of aromatic nitrogens is 5. The SMILES string of the molecule is C=N[C@H]1CCC(c2nc3cc([C@@H]4CCCCN4C(=O)c4c[nH]nc4C(C)C)nn3cc2C)C1. The van der Waals surface area contributed by atoms with E-state index in [1.54, 1.807) is 6.20 Å². The minimum atomic E-state index is -0.0487. The topological polar surface area (TPSA) is 91.5 Å². The van der Waals surface area contributed by atoms with Crippen molar-refractivity contribution >= 4 is 18.3 Å². The Balaban J connectivity index is 1.46. The van der Waals surface area contributed by atoms with Gasteiger partial charge in [-0.1, -0.05) is 13.8 Å². The molecule has 0 spiro atoms. The van der Waals surface area contributed by atoms with Crippen LogP contribution < -0.4 is 0 Å². The third-order valence-corrected chi connectivity index (χ3v) is 7.29. The van der Waals surface area contributed by atoms with Gasteiger partial charge in [-0.15, -0.1) is 0 Å². The lowest BCUT2D eigenvalue weighted by Crippen LogP contribution is -2.39. The fourth-order valence-corrected chi connectivity index (χ4v) is 5.54. The van der Waals surface area contributed by atoms with Crippen LogP contribution in [0.3, 0.4) is 0 Å². The predicted octanol–water partition coefficient (Wildman–Crippen LogP) is 4.59. The number of fused-ring (bicyclic) bond motifs is 1. The van der Waals surface area contributed by atoms with Crippen molar-refractivity contribution in [3.05, 3.63) is 46.7 Å². The molecule has 0 radical (unpaired) electrons. The van der Waals surface area contributed by atoms with E-state index >= 15 is 0 Å². The lowest BCUT2D eigenvalue weighted by molar-refractivity contribution is 0.0604. The number of aromatic amines is 1. The van der Waals surface area contributed by atoms with Crippen LogP contribution in [-0.4, -0.2) is 54.9 Å². The van der Waals surface area contributed by atoms with Gasteiger partial charge in [-0.25, -0.2) is 9.50 Å². The zero-order chi connectivity index (χ0) is 23.1. The number of carbonyl (C=O) groups is 1. The first-order valence-corrected chi connectivity index (χ1v) is 12.1. The number of likely N-dealkylation sites (tertiary alicyclic amines) is 1. The van der Waals surface area contributed by atoms with E-state index in [4.69, 9.17) is 10.1 Å². The standard InChI is InChI=1S/C25H33N7O/c1-15(2)23-19(13-27-29-23)25(33)31-10-6-5-7-21(31)20-12-22-28-24(16(3)14-32(22)30-20)17-8-9-18(11-17)26-4/h12-15,17-18,21H,4-11H2,1-3H3,(H,27,29)/t17?,18-,21-/m0/s1. The van der Waals surface area contributed by atoms with Crippen LogP contribution >= 0.6 is 0 Å². The Morgan fingerprint density at radius 1 is 1.27 bits per heavy atom. The molecular weight excluding hydrogens is 414 g/mol. The number of nitrogens with zero attached hydrogens (tertiary/aromatic N) is 6. The average Bonchev–Trinajstić information content (AvgIpc) is 3.56. The molecule has 2 aliphatic rings. The van der Waals surface area contributed by atoms with Gasteiger partial charge in [-0.2, -0.15) is 10.2 Å². The zero-order valence-electron chi connectivity index (χ0n) is 19.8. The van der Waals surface area contributed by atoms with E-state index in [0.717, 1.165) is 73.4 Å². The van der Waals surface area contributed by atoms with Crippen LogP contribution in [0.4, 0.5) is 0 Å². The first-order chi connectivity index (χ1) is 16.0. The molecule has 8 heteroatoms. The van der Waals surface area contributed by atoms with Crippen molar-refractivity contribution in [3.63, 3.8) is 0 Å². The average molecular weight is 448 g/mol. The third kappa shape index (κ3) is 3.96. The molecule has 0 bridgehead atoms. The monoisotopic (exact) mass is 447 g/mol. The normalized spacial score (nSPS) is 23.5. The molecule has 3 aromatic rings. The number of hydrogen-bond acceptors (Lipinski definition) is 5. The predicted molar refractivity (Wildman–Crippen MR) is 128 cm³/mol. The summed E-state index contributed by atoms with van der Waals surface area (Å²) in [5, 5.41) is 12.1. The molecule has 4 heterocycles. The van der Waals surface area contributed by atoms with Gasteiger partial charge < -0.3 is 4.90 Å². The van der Waals surface area contributed by atoms with Crippen LogP contribution in [0.25, 0.3) is 5.65 Å². The Morgan fingerprint density at radius 3 is 2.88 bits per heavy atom. The minimum Gasteiger partial charge on any atom is -0.330 e. The molecule has 1 amide bonds.